The third-order valence-electron chi connectivity index (χ3n) is 5.78. The van der Waals surface area contributed by atoms with E-state index >= 15 is 0 Å². The fraction of sp³-hybridized carbons (Fsp3) is 0.435. The number of carbonyl (C=O) groups is 2. The number of amides is 2. The quantitative estimate of drug-likeness (QED) is 0.590. The zero-order valence-electron chi connectivity index (χ0n) is 19.2. The van der Waals surface area contributed by atoms with E-state index < -0.39 is 0 Å². The second-order valence-electron chi connectivity index (χ2n) is 8.09. The summed E-state index contributed by atoms with van der Waals surface area (Å²) >= 11 is 1.34. The minimum atomic E-state index is -0.151. The van der Waals surface area contributed by atoms with Gasteiger partial charge in [-0.25, -0.2) is 9.97 Å². The van der Waals surface area contributed by atoms with Gasteiger partial charge in [0.05, 0.1) is 17.4 Å². The summed E-state index contributed by atoms with van der Waals surface area (Å²) in [7, 11) is 3.13. The van der Waals surface area contributed by atoms with E-state index in [1.54, 1.807) is 20.4 Å². The van der Waals surface area contributed by atoms with Gasteiger partial charge in [-0.05, 0) is 49.9 Å². The molecule has 1 aliphatic heterocycles. The number of carbonyl (C=O) groups excluding carboxylic acids is 2. The molecule has 0 saturated carbocycles. The van der Waals surface area contributed by atoms with Crippen LogP contribution in [0.25, 0.3) is 10.2 Å². The van der Waals surface area contributed by atoms with Gasteiger partial charge in [-0.3, -0.25) is 9.59 Å². The number of fused-ring (bicyclic) bond motifs is 1. The van der Waals surface area contributed by atoms with Gasteiger partial charge in [0.25, 0.3) is 5.91 Å². The van der Waals surface area contributed by atoms with Gasteiger partial charge >= 0.3 is 0 Å². The van der Waals surface area contributed by atoms with E-state index in [1.807, 2.05) is 30.9 Å². The monoisotopic (exact) mass is 469 g/mol. The van der Waals surface area contributed by atoms with Gasteiger partial charge in [-0.15, -0.1) is 11.3 Å². The lowest BCUT2D eigenvalue weighted by molar-refractivity contribution is -0.121. The predicted molar refractivity (Wildman–Crippen MR) is 126 cm³/mol. The van der Waals surface area contributed by atoms with E-state index in [0.717, 1.165) is 16.5 Å². The number of aromatic nitrogens is 3. The molecule has 0 aliphatic carbocycles. The fourth-order valence-electron chi connectivity index (χ4n) is 4.01. The van der Waals surface area contributed by atoms with Crippen molar-refractivity contribution in [2.24, 2.45) is 5.92 Å². The van der Waals surface area contributed by atoms with Crippen molar-refractivity contribution in [3.63, 3.8) is 0 Å². The number of thiophene rings is 1. The third-order valence-corrected chi connectivity index (χ3v) is 6.96. The van der Waals surface area contributed by atoms with E-state index in [9.17, 15) is 9.59 Å². The molecule has 3 aromatic rings. The van der Waals surface area contributed by atoms with Gasteiger partial charge in [0.2, 0.25) is 11.8 Å². The van der Waals surface area contributed by atoms with Crippen molar-refractivity contribution in [2.75, 3.05) is 32.6 Å². The molecule has 4 rings (SSSR count). The standard InChI is InChI=1S/C23H27N5O4S/c1-13-5-8-24-16(11-13)25-20(29)15-6-9-28(10-7-15)23(30)19-14(2)18-21(32-4)26-17(12-31-3)27-22(18)33-19/h5,8,11,15H,6-7,9-10,12H2,1-4H3,(H,24,25,29). The number of anilines is 1. The van der Waals surface area contributed by atoms with Gasteiger partial charge in [-0.2, -0.15) is 4.98 Å². The van der Waals surface area contributed by atoms with Crippen LogP contribution in [0.15, 0.2) is 18.3 Å². The van der Waals surface area contributed by atoms with Crippen LogP contribution >= 0.6 is 11.3 Å². The first-order chi connectivity index (χ1) is 15.9. The Hall–Kier alpha value is -3.11. The maximum Gasteiger partial charge on any atom is 0.264 e. The van der Waals surface area contributed by atoms with E-state index in [0.29, 0.717) is 53.2 Å². The molecule has 0 aromatic carbocycles. The molecule has 0 atom stereocenters. The third kappa shape index (κ3) is 4.81. The molecule has 0 bridgehead atoms. The van der Waals surface area contributed by atoms with Crippen molar-refractivity contribution in [1.29, 1.82) is 0 Å². The van der Waals surface area contributed by atoms with Crippen molar-refractivity contribution >= 4 is 39.2 Å². The molecule has 1 aliphatic rings. The molecule has 1 saturated heterocycles. The van der Waals surface area contributed by atoms with Crippen LogP contribution in [0.5, 0.6) is 5.88 Å². The Kier molecular flexibility index (Phi) is 6.85. The van der Waals surface area contributed by atoms with Gasteiger partial charge in [0.1, 0.15) is 17.3 Å². The molecule has 0 spiro atoms. The van der Waals surface area contributed by atoms with Crippen LogP contribution in [0.1, 0.15) is 39.5 Å². The number of ether oxygens (including phenoxy) is 2. The summed E-state index contributed by atoms with van der Waals surface area (Å²) in [6, 6.07) is 3.73. The number of likely N-dealkylation sites (tertiary alicyclic amines) is 1. The zero-order chi connectivity index (χ0) is 23.5. The first-order valence-corrected chi connectivity index (χ1v) is 11.6. The van der Waals surface area contributed by atoms with Crippen LogP contribution in [0.3, 0.4) is 0 Å². The lowest BCUT2D eigenvalue weighted by Gasteiger charge is -2.31. The number of methoxy groups -OCH3 is 2. The van der Waals surface area contributed by atoms with Gasteiger partial charge < -0.3 is 19.7 Å². The number of rotatable bonds is 6. The van der Waals surface area contributed by atoms with Crippen LogP contribution in [-0.2, 0) is 16.1 Å². The van der Waals surface area contributed by atoms with E-state index in [4.69, 9.17) is 9.47 Å². The molecule has 10 heteroatoms. The lowest BCUT2D eigenvalue weighted by atomic mass is 9.95. The Labute approximate surface area is 196 Å². The molecule has 9 nitrogen and oxygen atoms in total. The zero-order valence-corrected chi connectivity index (χ0v) is 20.0. The number of aryl methyl sites for hydroxylation is 2. The summed E-state index contributed by atoms with van der Waals surface area (Å²) in [6.45, 7) is 5.15. The molecule has 33 heavy (non-hydrogen) atoms. The molecule has 0 radical (unpaired) electrons. The first-order valence-electron chi connectivity index (χ1n) is 10.8. The Morgan fingerprint density at radius 3 is 2.64 bits per heavy atom. The van der Waals surface area contributed by atoms with Crippen LogP contribution in [-0.4, -0.2) is 59.0 Å². The average molecular weight is 470 g/mol. The van der Waals surface area contributed by atoms with Crippen molar-refractivity contribution in [3.8, 4) is 5.88 Å². The minimum Gasteiger partial charge on any atom is -0.480 e. The highest BCUT2D eigenvalue weighted by Crippen LogP contribution is 2.36. The minimum absolute atomic E-state index is 0.0509. The molecule has 174 valence electrons. The fourth-order valence-corrected chi connectivity index (χ4v) is 5.17. The maximum atomic E-state index is 13.3. The van der Waals surface area contributed by atoms with Crippen LogP contribution in [0.2, 0.25) is 0 Å². The summed E-state index contributed by atoms with van der Waals surface area (Å²) < 4.78 is 10.6. The van der Waals surface area contributed by atoms with Crippen molar-refractivity contribution in [2.45, 2.75) is 33.3 Å². The smallest absolute Gasteiger partial charge is 0.264 e. The number of piperidine rings is 1. The number of nitrogens with one attached hydrogen (secondary N) is 1. The Balaban J connectivity index is 1.46. The second-order valence-corrected chi connectivity index (χ2v) is 9.09. The summed E-state index contributed by atoms with van der Waals surface area (Å²) in [5.74, 6) is 1.26. The average Bonchev–Trinajstić information content (AvgIpc) is 3.14. The lowest BCUT2D eigenvalue weighted by Crippen LogP contribution is -2.41. The van der Waals surface area contributed by atoms with Gasteiger partial charge in [0, 0.05) is 32.3 Å². The Bertz CT molecular complexity index is 1190. The molecule has 1 fully saturated rings. The normalized spacial score (nSPS) is 14.5. The number of hydrogen-bond donors (Lipinski definition) is 1. The Morgan fingerprint density at radius 2 is 1.97 bits per heavy atom. The predicted octanol–water partition coefficient (Wildman–Crippen LogP) is 3.35. The van der Waals surface area contributed by atoms with Crippen LogP contribution in [0.4, 0.5) is 5.82 Å². The van der Waals surface area contributed by atoms with Crippen LogP contribution < -0.4 is 10.1 Å². The highest BCUT2D eigenvalue weighted by atomic mass is 32.1. The molecular formula is C23H27N5O4S. The number of pyridine rings is 1. The summed E-state index contributed by atoms with van der Waals surface area (Å²) in [4.78, 5) is 42.2. The van der Waals surface area contributed by atoms with Crippen molar-refractivity contribution in [3.05, 3.63) is 40.2 Å². The molecule has 0 unspecified atom stereocenters. The largest absolute Gasteiger partial charge is 0.480 e. The number of hydrogen-bond acceptors (Lipinski definition) is 8. The molecular weight excluding hydrogens is 442 g/mol. The van der Waals surface area contributed by atoms with Crippen molar-refractivity contribution < 1.29 is 19.1 Å². The topological polar surface area (TPSA) is 107 Å². The highest BCUT2D eigenvalue weighted by Gasteiger charge is 2.30. The second kappa shape index (κ2) is 9.80. The van der Waals surface area contributed by atoms with Gasteiger partial charge in [-0.1, -0.05) is 0 Å². The number of nitrogens with zero attached hydrogens (tertiary/aromatic N) is 4. The van der Waals surface area contributed by atoms with Crippen LogP contribution in [0, 0.1) is 19.8 Å². The SMILES string of the molecule is COCc1nc(OC)c2c(C)c(C(=O)N3CCC(C(=O)Nc4cc(C)ccn4)CC3)sc2n1. The molecule has 4 heterocycles. The van der Waals surface area contributed by atoms with E-state index in [-0.39, 0.29) is 24.3 Å². The molecule has 3 aromatic heterocycles. The van der Waals surface area contributed by atoms with E-state index in [2.05, 4.69) is 20.3 Å². The van der Waals surface area contributed by atoms with E-state index in [1.165, 1.54) is 11.3 Å². The van der Waals surface area contributed by atoms with Crippen molar-refractivity contribution in [1.82, 2.24) is 19.9 Å². The summed E-state index contributed by atoms with van der Waals surface area (Å²) in [5.41, 5.74) is 1.85. The highest BCUT2D eigenvalue weighted by molar-refractivity contribution is 7.20. The summed E-state index contributed by atoms with van der Waals surface area (Å²) in [6.07, 6.45) is 2.89. The maximum absolute atomic E-state index is 13.3. The summed E-state index contributed by atoms with van der Waals surface area (Å²) in [5, 5.41) is 3.65. The van der Waals surface area contributed by atoms with Gasteiger partial charge in [0.15, 0.2) is 5.82 Å². The Morgan fingerprint density at radius 1 is 1.21 bits per heavy atom. The first kappa shape index (κ1) is 23.1. The molecule has 1 N–H and O–H groups in total. The molecule has 2 amide bonds.